The van der Waals surface area contributed by atoms with Crippen LogP contribution in [0.4, 0.5) is 18.9 Å². The van der Waals surface area contributed by atoms with Crippen molar-refractivity contribution in [3.8, 4) is 0 Å². The van der Waals surface area contributed by atoms with E-state index in [1.54, 1.807) is 6.07 Å². The highest BCUT2D eigenvalue weighted by Gasteiger charge is 2.33. The molecule has 2 fully saturated rings. The molecule has 2 aliphatic rings. The summed E-state index contributed by atoms with van der Waals surface area (Å²) in [5, 5.41) is 0. The Kier molecular flexibility index (Phi) is 7.69. The van der Waals surface area contributed by atoms with Gasteiger partial charge in [-0.3, -0.25) is 9.69 Å². The van der Waals surface area contributed by atoms with Crippen molar-refractivity contribution in [2.45, 2.75) is 17.5 Å². The van der Waals surface area contributed by atoms with E-state index in [2.05, 4.69) is 0 Å². The average molecular weight is 479 g/mol. The van der Waals surface area contributed by atoms with E-state index in [-0.39, 0.29) is 36.0 Å². The molecule has 3 rings (SSSR count). The molecule has 0 spiro atoms. The summed E-state index contributed by atoms with van der Waals surface area (Å²) in [5.74, 6) is -0.379. The third kappa shape index (κ3) is 5.91. The summed E-state index contributed by atoms with van der Waals surface area (Å²) in [6.45, 7) is 1.87. The highest BCUT2D eigenvalue weighted by Crippen LogP contribution is 2.28. The smallest absolute Gasteiger partial charge is 0.378 e. The van der Waals surface area contributed by atoms with Crippen molar-refractivity contribution in [3.63, 3.8) is 0 Å². The first-order valence-electron chi connectivity index (χ1n) is 10.5. The molecule has 0 aromatic heterocycles. The molecule has 2 aliphatic heterocycles. The highest BCUT2D eigenvalue weighted by molar-refractivity contribution is 7.89. The molecule has 12 heteroatoms. The van der Waals surface area contributed by atoms with Crippen molar-refractivity contribution >= 4 is 21.6 Å². The molecule has 0 radical (unpaired) electrons. The number of benzene rings is 1. The number of morpholine rings is 1. The zero-order chi connectivity index (χ0) is 23.5. The monoisotopic (exact) mass is 478 g/mol. The second kappa shape index (κ2) is 9.94. The van der Waals surface area contributed by atoms with E-state index in [0.717, 1.165) is 4.31 Å². The molecule has 32 heavy (non-hydrogen) atoms. The second-order valence-corrected chi connectivity index (χ2v) is 10.3. The van der Waals surface area contributed by atoms with Gasteiger partial charge in [0.15, 0.2) is 0 Å². The first kappa shape index (κ1) is 24.7. The molecular formula is C20H29F3N4O4S. The Bertz CT molecular complexity index is 918. The molecule has 1 aromatic rings. The zero-order valence-corrected chi connectivity index (χ0v) is 19.1. The van der Waals surface area contributed by atoms with Gasteiger partial charge in [0.05, 0.1) is 30.2 Å². The van der Waals surface area contributed by atoms with Crippen LogP contribution in [0.2, 0.25) is 0 Å². The number of halogens is 3. The summed E-state index contributed by atoms with van der Waals surface area (Å²) >= 11 is 0. The van der Waals surface area contributed by atoms with Gasteiger partial charge in [0.1, 0.15) is 0 Å². The van der Waals surface area contributed by atoms with Crippen molar-refractivity contribution < 1.29 is 31.1 Å². The first-order chi connectivity index (χ1) is 15.0. The highest BCUT2D eigenvalue weighted by atomic mass is 32.2. The maximum atomic E-state index is 13.5. The van der Waals surface area contributed by atoms with E-state index in [9.17, 15) is 26.4 Å². The van der Waals surface area contributed by atoms with Gasteiger partial charge >= 0.3 is 6.18 Å². The molecule has 0 aliphatic carbocycles. The van der Waals surface area contributed by atoms with E-state index < -0.39 is 22.7 Å². The number of nitrogens with zero attached hydrogens (tertiary/aromatic N) is 4. The Morgan fingerprint density at radius 3 is 2.38 bits per heavy atom. The van der Waals surface area contributed by atoms with Crippen molar-refractivity contribution in [3.05, 3.63) is 23.8 Å². The van der Waals surface area contributed by atoms with Gasteiger partial charge in [-0.25, -0.2) is 12.7 Å². The molecule has 0 bridgehead atoms. The van der Waals surface area contributed by atoms with Crippen LogP contribution in [0.1, 0.15) is 16.8 Å². The molecule has 1 aromatic carbocycles. The fraction of sp³-hybridized carbons (Fsp3) is 0.650. The van der Waals surface area contributed by atoms with Gasteiger partial charge in [0.2, 0.25) is 10.0 Å². The number of hydrogen-bond donors (Lipinski definition) is 0. The summed E-state index contributed by atoms with van der Waals surface area (Å²) in [4.78, 5) is 18.3. The third-order valence-corrected chi connectivity index (χ3v) is 7.42. The van der Waals surface area contributed by atoms with Crippen molar-refractivity contribution in [1.82, 2.24) is 14.1 Å². The standard InChI is InChI=1S/C20H29F3N4O4S/c1-24(2)32(29,30)16-4-5-18(26-10-12-31-13-11-26)17(14-16)19(28)27-7-3-6-25(8-9-27)15-20(21,22)23/h4-5,14H,3,6-13,15H2,1-2H3. The number of carbonyl (C=O) groups is 1. The van der Waals surface area contributed by atoms with Crippen LogP contribution in [0.3, 0.4) is 0 Å². The van der Waals surface area contributed by atoms with Crippen LogP contribution >= 0.6 is 0 Å². The molecule has 2 saturated heterocycles. The van der Waals surface area contributed by atoms with Crippen LogP contribution in [-0.2, 0) is 14.8 Å². The fourth-order valence-corrected chi connectivity index (χ4v) is 4.82. The Labute approximate surface area is 186 Å². The van der Waals surface area contributed by atoms with E-state index in [4.69, 9.17) is 4.74 Å². The molecule has 1 amide bonds. The molecule has 0 N–H and O–H groups in total. The summed E-state index contributed by atoms with van der Waals surface area (Å²) in [6.07, 6.45) is -3.89. The van der Waals surface area contributed by atoms with Gasteiger partial charge in [0, 0.05) is 59.1 Å². The topological polar surface area (TPSA) is 73.4 Å². The predicted octanol–water partition coefficient (Wildman–Crippen LogP) is 1.48. The van der Waals surface area contributed by atoms with E-state index in [0.29, 0.717) is 45.0 Å². The molecule has 8 nitrogen and oxygen atoms in total. The van der Waals surface area contributed by atoms with Crippen LogP contribution in [0, 0.1) is 0 Å². The Balaban J connectivity index is 1.90. The SMILES string of the molecule is CN(C)S(=O)(=O)c1ccc(N2CCOCC2)c(C(=O)N2CCCN(CC(F)(F)F)CC2)c1. The number of amides is 1. The second-order valence-electron chi connectivity index (χ2n) is 8.10. The van der Waals surface area contributed by atoms with Crippen molar-refractivity contribution in [2.24, 2.45) is 0 Å². The molecule has 0 saturated carbocycles. The van der Waals surface area contributed by atoms with E-state index >= 15 is 0 Å². The number of ether oxygens (including phenoxy) is 1. The lowest BCUT2D eigenvalue weighted by atomic mass is 10.1. The number of sulfonamides is 1. The lowest BCUT2D eigenvalue weighted by Gasteiger charge is -2.32. The third-order valence-electron chi connectivity index (χ3n) is 5.61. The minimum absolute atomic E-state index is 0.00335. The van der Waals surface area contributed by atoms with Crippen LogP contribution in [-0.4, -0.2) is 108 Å². The fourth-order valence-electron chi connectivity index (χ4n) is 3.89. The van der Waals surface area contributed by atoms with Crippen LogP contribution in [0.15, 0.2) is 23.1 Å². The summed E-state index contributed by atoms with van der Waals surface area (Å²) in [6, 6.07) is 4.48. The lowest BCUT2D eigenvalue weighted by Crippen LogP contribution is -2.40. The van der Waals surface area contributed by atoms with E-state index in [1.807, 2.05) is 4.90 Å². The van der Waals surface area contributed by atoms with Crippen LogP contribution in [0.25, 0.3) is 0 Å². The van der Waals surface area contributed by atoms with Crippen LogP contribution in [0.5, 0.6) is 0 Å². The molecule has 0 unspecified atom stereocenters. The average Bonchev–Trinajstić information content (AvgIpc) is 2.97. The summed E-state index contributed by atoms with van der Waals surface area (Å²) < 4.78 is 70.1. The summed E-state index contributed by atoms with van der Waals surface area (Å²) in [5.41, 5.74) is 0.839. The van der Waals surface area contributed by atoms with Gasteiger partial charge in [-0.1, -0.05) is 0 Å². The normalized spacial score (nSPS) is 19.3. The Morgan fingerprint density at radius 2 is 1.75 bits per heavy atom. The molecular weight excluding hydrogens is 449 g/mol. The minimum Gasteiger partial charge on any atom is -0.378 e. The quantitative estimate of drug-likeness (QED) is 0.639. The molecule has 2 heterocycles. The maximum absolute atomic E-state index is 13.5. The number of carbonyl (C=O) groups excluding carboxylic acids is 1. The summed E-state index contributed by atoms with van der Waals surface area (Å²) in [7, 11) is -0.934. The number of alkyl halides is 3. The van der Waals surface area contributed by atoms with Crippen molar-refractivity contribution in [2.75, 3.05) is 78.0 Å². The first-order valence-corrected chi connectivity index (χ1v) is 11.9. The minimum atomic E-state index is -4.29. The van der Waals surface area contributed by atoms with Crippen LogP contribution < -0.4 is 4.90 Å². The van der Waals surface area contributed by atoms with Gasteiger partial charge in [-0.2, -0.15) is 13.2 Å². The number of hydrogen-bond acceptors (Lipinski definition) is 6. The lowest BCUT2D eigenvalue weighted by molar-refractivity contribution is -0.145. The van der Waals surface area contributed by atoms with Gasteiger partial charge in [-0.15, -0.1) is 0 Å². The van der Waals surface area contributed by atoms with E-state index in [1.165, 1.54) is 36.0 Å². The maximum Gasteiger partial charge on any atom is 0.401 e. The predicted molar refractivity (Wildman–Crippen MR) is 113 cm³/mol. The van der Waals surface area contributed by atoms with Gasteiger partial charge in [-0.05, 0) is 24.6 Å². The Morgan fingerprint density at radius 1 is 1.06 bits per heavy atom. The number of anilines is 1. The van der Waals surface area contributed by atoms with Crippen molar-refractivity contribution in [1.29, 1.82) is 0 Å². The number of rotatable bonds is 5. The van der Waals surface area contributed by atoms with Gasteiger partial charge < -0.3 is 14.5 Å². The van der Waals surface area contributed by atoms with Gasteiger partial charge in [0.25, 0.3) is 5.91 Å². The molecule has 0 atom stereocenters. The largest absolute Gasteiger partial charge is 0.401 e. The molecule has 180 valence electrons. The zero-order valence-electron chi connectivity index (χ0n) is 18.3. The Hall–Kier alpha value is -1.89.